The summed E-state index contributed by atoms with van der Waals surface area (Å²) in [5.41, 5.74) is 0. The van der Waals surface area contributed by atoms with Crippen molar-refractivity contribution in [2.24, 2.45) is 0 Å². The Kier molecular flexibility index (Phi) is 11.4. The Hall–Kier alpha value is 0.0969. The van der Waals surface area contributed by atoms with Crippen LogP contribution in [-0.4, -0.2) is 42.4 Å². The van der Waals surface area contributed by atoms with Gasteiger partial charge >= 0.3 is 0 Å². The molecule has 0 N–H and O–H groups in total. The topological polar surface area (TPSA) is 27.7 Å². The van der Waals surface area contributed by atoms with Gasteiger partial charge in [-0.05, 0) is 25.6 Å². The lowest BCUT2D eigenvalue weighted by atomic mass is 10.5. The van der Waals surface area contributed by atoms with Crippen molar-refractivity contribution in [3.8, 4) is 0 Å². The highest BCUT2D eigenvalue weighted by Crippen LogP contribution is 2.11. The number of hydrogen-bond acceptors (Lipinski definition) is 3. The smallest absolute Gasteiger partial charge is 0.186 e. The molecular formula is C10H26O3Si. The Morgan fingerprint density at radius 1 is 1.00 bits per heavy atom. The Balaban J connectivity index is 0. The van der Waals surface area contributed by atoms with E-state index in [1.165, 1.54) is 0 Å². The van der Waals surface area contributed by atoms with Gasteiger partial charge in [-0.2, -0.15) is 0 Å². The number of rotatable bonds is 8. The molecule has 0 heterocycles. The molecule has 0 spiro atoms. The van der Waals surface area contributed by atoms with Gasteiger partial charge in [0.2, 0.25) is 0 Å². The van der Waals surface area contributed by atoms with Gasteiger partial charge in [-0.1, -0.05) is 7.43 Å². The van der Waals surface area contributed by atoms with Crippen LogP contribution in [0.4, 0.5) is 0 Å². The molecule has 14 heavy (non-hydrogen) atoms. The van der Waals surface area contributed by atoms with Gasteiger partial charge in [0.1, 0.15) is 0 Å². The fourth-order valence-corrected chi connectivity index (χ4v) is 2.15. The molecule has 4 heteroatoms. The van der Waals surface area contributed by atoms with Gasteiger partial charge in [0.15, 0.2) is 8.32 Å². The van der Waals surface area contributed by atoms with Crippen LogP contribution < -0.4 is 0 Å². The van der Waals surface area contributed by atoms with Crippen LogP contribution in [0.1, 0.15) is 13.8 Å². The molecule has 0 unspecified atom stereocenters. The van der Waals surface area contributed by atoms with E-state index in [1.807, 2.05) is 0 Å². The van der Waals surface area contributed by atoms with Crippen LogP contribution in [0, 0.1) is 0 Å². The van der Waals surface area contributed by atoms with E-state index in [-0.39, 0.29) is 7.43 Å². The molecule has 0 aromatic rings. The molecular weight excluding hydrogens is 196 g/mol. The number of ether oxygens (including phenoxy) is 2. The molecule has 0 bridgehead atoms. The van der Waals surface area contributed by atoms with Crippen molar-refractivity contribution in [3.05, 3.63) is 0 Å². The van der Waals surface area contributed by atoms with Crippen LogP contribution in [0.3, 0.4) is 0 Å². The van der Waals surface area contributed by atoms with Crippen LogP contribution in [-0.2, 0) is 13.9 Å². The maximum Gasteiger partial charge on any atom is 0.186 e. The molecule has 0 fully saturated rings. The maximum atomic E-state index is 5.42. The Labute approximate surface area is 89.9 Å². The van der Waals surface area contributed by atoms with E-state index in [9.17, 15) is 0 Å². The minimum atomic E-state index is -1.36. The second kappa shape index (κ2) is 9.64. The Morgan fingerprint density at radius 3 is 2.14 bits per heavy atom. The normalized spacial score (nSPS) is 11.1. The molecule has 88 valence electrons. The molecule has 0 aliphatic carbocycles. The molecule has 0 radical (unpaired) electrons. The zero-order valence-corrected chi connectivity index (χ0v) is 10.3. The van der Waals surface area contributed by atoms with Gasteiger partial charge in [-0.15, -0.1) is 0 Å². The van der Waals surface area contributed by atoms with E-state index in [0.717, 1.165) is 19.1 Å². The molecule has 3 nitrogen and oxygen atoms in total. The van der Waals surface area contributed by atoms with Gasteiger partial charge < -0.3 is 13.9 Å². The van der Waals surface area contributed by atoms with Crippen LogP contribution in [0.2, 0.25) is 19.1 Å². The molecule has 0 atom stereocenters. The first-order valence-electron chi connectivity index (χ1n) is 4.74. The third-order valence-corrected chi connectivity index (χ3v) is 4.71. The van der Waals surface area contributed by atoms with Gasteiger partial charge in [0.25, 0.3) is 0 Å². The summed E-state index contributed by atoms with van der Waals surface area (Å²) in [7, 11) is 2.13. The summed E-state index contributed by atoms with van der Waals surface area (Å²) in [5.74, 6) is 0. The van der Waals surface area contributed by atoms with Gasteiger partial charge in [-0.3, -0.25) is 0 Å². The second-order valence-electron chi connectivity index (χ2n) is 3.67. The lowest BCUT2D eigenvalue weighted by Gasteiger charge is -2.19. The van der Waals surface area contributed by atoms with Crippen LogP contribution in [0.5, 0.6) is 0 Å². The van der Waals surface area contributed by atoms with Gasteiger partial charge in [0.05, 0.1) is 13.2 Å². The van der Waals surface area contributed by atoms with Crippen molar-refractivity contribution in [3.63, 3.8) is 0 Å². The fraction of sp³-hybridized carbons (Fsp3) is 1.00. The van der Waals surface area contributed by atoms with Gasteiger partial charge in [-0.25, -0.2) is 0 Å². The van der Waals surface area contributed by atoms with Crippen molar-refractivity contribution in [2.75, 3.05) is 34.0 Å². The van der Waals surface area contributed by atoms with E-state index in [2.05, 4.69) is 13.1 Å². The summed E-state index contributed by atoms with van der Waals surface area (Å²) in [4.78, 5) is 0. The van der Waals surface area contributed by atoms with Crippen molar-refractivity contribution >= 4 is 8.32 Å². The zero-order valence-electron chi connectivity index (χ0n) is 9.26. The predicted molar refractivity (Wildman–Crippen MR) is 63.3 cm³/mol. The van der Waals surface area contributed by atoms with Crippen molar-refractivity contribution in [1.82, 2.24) is 0 Å². The van der Waals surface area contributed by atoms with Gasteiger partial charge in [0, 0.05) is 20.8 Å². The lowest BCUT2D eigenvalue weighted by Crippen LogP contribution is -2.28. The highest BCUT2D eigenvalue weighted by atomic mass is 28.4. The zero-order chi connectivity index (χ0) is 10.2. The summed E-state index contributed by atoms with van der Waals surface area (Å²) >= 11 is 0. The quantitative estimate of drug-likeness (QED) is 0.466. The minimum absolute atomic E-state index is 0. The van der Waals surface area contributed by atoms with E-state index in [0.29, 0.717) is 13.2 Å². The third-order valence-electron chi connectivity index (χ3n) is 2.05. The molecule has 0 aliphatic heterocycles. The molecule has 0 aromatic heterocycles. The lowest BCUT2D eigenvalue weighted by molar-refractivity contribution is 0.0706. The standard InChI is InChI=1S/C9H22O3Si.CH4/c1-10-7-8-12-6-5-9-13(3,4)11-2;/h5-9H2,1-4H3;1H4. The van der Waals surface area contributed by atoms with E-state index in [1.54, 1.807) is 14.2 Å². The second-order valence-corrected chi connectivity index (χ2v) is 8.10. The monoisotopic (exact) mass is 222 g/mol. The summed E-state index contributed by atoms with van der Waals surface area (Å²) < 4.78 is 15.6. The summed E-state index contributed by atoms with van der Waals surface area (Å²) in [6, 6.07) is 1.16. The van der Waals surface area contributed by atoms with Crippen molar-refractivity contribution < 1.29 is 13.9 Å². The average molecular weight is 222 g/mol. The first kappa shape index (κ1) is 16.5. The molecule has 0 aromatic carbocycles. The molecule has 0 aliphatic rings. The molecule has 0 saturated carbocycles. The molecule has 0 saturated heterocycles. The number of hydrogen-bond donors (Lipinski definition) is 0. The maximum absolute atomic E-state index is 5.42. The summed E-state index contributed by atoms with van der Waals surface area (Å²) in [5, 5.41) is 0. The Bertz CT molecular complexity index is 118. The van der Waals surface area contributed by atoms with E-state index in [4.69, 9.17) is 13.9 Å². The third kappa shape index (κ3) is 10.2. The minimum Gasteiger partial charge on any atom is -0.420 e. The summed E-state index contributed by atoms with van der Waals surface area (Å²) in [6.45, 7) is 6.66. The van der Waals surface area contributed by atoms with E-state index < -0.39 is 8.32 Å². The van der Waals surface area contributed by atoms with Crippen molar-refractivity contribution in [2.45, 2.75) is 33.0 Å². The highest BCUT2D eigenvalue weighted by Gasteiger charge is 2.19. The first-order chi connectivity index (χ1) is 6.12. The highest BCUT2D eigenvalue weighted by molar-refractivity contribution is 6.71. The molecule has 0 amide bonds. The van der Waals surface area contributed by atoms with Crippen LogP contribution >= 0.6 is 0 Å². The Morgan fingerprint density at radius 2 is 1.64 bits per heavy atom. The first-order valence-corrected chi connectivity index (χ1v) is 7.86. The van der Waals surface area contributed by atoms with Crippen molar-refractivity contribution in [1.29, 1.82) is 0 Å². The van der Waals surface area contributed by atoms with Crippen LogP contribution in [0.25, 0.3) is 0 Å². The largest absolute Gasteiger partial charge is 0.420 e. The SMILES string of the molecule is C.COCCOCCC[Si](C)(C)OC. The number of methoxy groups -OCH3 is 1. The van der Waals surface area contributed by atoms with E-state index >= 15 is 0 Å². The predicted octanol–water partition coefficient (Wildman–Crippen LogP) is 2.53. The summed E-state index contributed by atoms with van der Waals surface area (Å²) in [6.07, 6.45) is 1.09. The average Bonchev–Trinajstić information content (AvgIpc) is 2.11. The molecule has 0 rings (SSSR count). The fourth-order valence-electron chi connectivity index (χ4n) is 0.946. The van der Waals surface area contributed by atoms with Crippen LogP contribution in [0.15, 0.2) is 0 Å².